The van der Waals surface area contributed by atoms with Gasteiger partial charge in [-0.25, -0.2) is 0 Å². The number of aromatic nitrogens is 1. The molecule has 43 heavy (non-hydrogen) atoms. The molecule has 7 aromatic rings. The zero-order chi connectivity index (χ0) is 29.0. The van der Waals surface area contributed by atoms with Crippen molar-refractivity contribution in [1.29, 1.82) is 0 Å². The van der Waals surface area contributed by atoms with Gasteiger partial charge in [0.05, 0.1) is 11.0 Å². The highest BCUT2D eigenvalue weighted by Gasteiger charge is 2.37. The molecule has 1 aromatic heterocycles. The summed E-state index contributed by atoms with van der Waals surface area (Å²) in [5.74, 6) is 0. The summed E-state index contributed by atoms with van der Waals surface area (Å²) in [6.07, 6.45) is 0. The van der Waals surface area contributed by atoms with Crippen molar-refractivity contribution in [1.82, 2.24) is 9.88 Å². The molecule has 1 N–H and O–H groups in total. The first-order valence-corrected chi connectivity index (χ1v) is 15.2. The second-order valence-corrected chi connectivity index (χ2v) is 12.2. The first kappa shape index (κ1) is 25.8. The molecule has 2 heteroatoms. The molecule has 8 rings (SSSR count). The summed E-state index contributed by atoms with van der Waals surface area (Å²) in [6.45, 7) is 6.38. The normalized spacial score (nSPS) is 13.3. The van der Waals surface area contributed by atoms with Gasteiger partial charge in [-0.1, -0.05) is 135 Å². The fourth-order valence-electron chi connectivity index (χ4n) is 7.12. The van der Waals surface area contributed by atoms with E-state index in [1.165, 1.54) is 72.0 Å². The van der Waals surface area contributed by atoms with Crippen LogP contribution in [-0.2, 0) is 18.5 Å². The Morgan fingerprint density at radius 3 is 2.09 bits per heavy atom. The summed E-state index contributed by atoms with van der Waals surface area (Å²) in [5, 5.41) is 6.24. The van der Waals surface area contributed by atoms with Gasteiger partial charge in [0.2, 0.25) is 0 Å². The molecule has 6 aromatic carbocycles. The standard InChI is InChI=1S/C41H34N2/c1-41(2)36-19-10-9-18-35(36)39-37(41)23-22-34-33-21-20-31(30-15-7-4-8-16-30)25-38(33)43(40(34)39)32-17-11-14-29(24-32)27-42-26-28-12-5-3-6-13-28/h3-25,42H,26-27H2,1-2H3. The van der Waals surface area contributed by atoms with Crippen LogP contribution in [0.25, 0.3) is 49.7 Å². The number of fused-ring (bicyclic) bond motifs is 7. The minimum absolute atomic E-state index is 0.0557. The van der Waals surface area contributed by atoms with E-state index in [2.05, 4.69) is 163 Å². The molecule has 0 atom stereocenters. The van der Waals surface area contributed by atoms with Gasteiger partial charge in [0.15, 0.2) is 0 Å². The Balaban J connectivity index is 1.35. The quantitative estimate of drug-likeness (QED) is 0.216. The molecule has 0 aliphatic heterocycles. The van der Waals surface area contributed by atoms with Gasteiger partial charge in [-0.15, -0.1) is 0 Å². The average molecular weight is 555 g/mol. The van der Waals surface area contributed by atoms with Gasteiger partial charge in [-0.2, -0.15) is 0 Å². The Bertz CT molecular complexity index is 2120. The lowest BCUT2D eigenvalue weighted by Gasteiger charge is -2.21. The van der Waals surface area contributed by atoms with Crippen LogP contribution in [0.15, 0.2) is 140 Å². The Morgan fingerprint density at radius 2 is 1.26 bits per heavy atom. The number of hydrogen-bond donors (Lipinski definition) is 1. The minimum atomic E-state index is -0.0557. The van der Waals surface area contributed by atoms with Crippen LogP contribution in [0.2, 0.25) is 0 Å². The van der Waals surface area contributed by atoms with Crippen LogP contribution < -0.4 is 5.32 Å². The molecule has 1 aliphatic carbocycles. The maximum atomic E-state index is 3.65. The Kier molecular flexibility index (Phi) is 6.06. The molecule has 0 fully saturated rings. The van der Waals surface area contributed by atoms with Crippen LogP contribution in [0.3, 0.4) is 0 Å². The third-order valence-corrected chi connectivity index (χ3v) is 9.25. The first-order chi connectivity index (χ1) is 21.1. The van der Waals surface area contributed by atoms with Gasteiger partial charge >= 0.3 is 0 Å². The monoisotopic (exact) mass is 554 g/mol. The van der Waals surface area contributed by atoms with Crippen molar-refractivity contribution in [2.24, 2.45) is 0 Å². The number of nitrogens with zero attached hydrogens (tertiary/aromatic N) is 1. The zero-order valence-corrected chi connectivity index (χ0v) is 24.6. The second-order valence-electron chi connectivity index (χ2n) is 12.2. The van der Waals surface area contributed by atoms with E-state index in [0.29, 0.717) is 0 Å². The molecule has 0 bridgehead atoms. The molecule has 0 saturated carbocycles. The lowest BCUT2D eigenvalue weighted by Crippen LogP contribution is -2.14. The lowest BCUT2D eigenvalue weighted by atomic mass is 9.82. The van der Waals surface area contributed by atoms with Crippen LogP contribution in [0, 0.1) is 0 Å². The van der Waals surface area contributed by atoms with Crippen molar-refractivity contribution in [2.75, 3.05) is 0 Å². The van der Waals surface area contributed by atoms with Crippen LogP contribution in [0.4, 0.5) is 0 Å². The predicted octanol–water partition coefficient (Wildman–Crippen LogP) is 10.0. The van der Waals surface area contributed by atoms with Gasteiger partial charge in [-0.05, 0) is 57.1 Å². The van der Waals surface area contributed by atoms with Gasteiger partial charge in [0.25, 0.3) is 0 Å². The van der Waals surface area contributed by atoms with Gasteiger partial charge in [0, 0.05) is 40.5 Å². The maximum absolute atomic E-state index is 3.65. The summed E-state index contributed by atoms with van der Waals surface area (Å²) in [4.78, 5) is 0. The van der Waals surface area contributed by atoms with Crippen molar-refractivity contribution in [3.8, 4) is 27.9 Å². The minimum Gasteiger partial charge on any atom is -0.309 e. The first-order valence-electron chi connectivity index (χ1n) is 15.2. The fourth-order valence-corrected chi connectivity index (χ4v) is 7.12. The molecule has 0 radical (unpaired) electrons. The summed E-state index contributed by atoms with van der Waals surface area (Å²) in [6, 6.07) is 51.1. The molecule has 208 valence electrons. The van der Waals surface area contributed by atoms with Crippen LogP contribution in [-0.4, -0.2) is 4.57 Å². The molecule has 2 nitrogen and oxygen atoms in total. The van der Waals surface area contributed by atoms with E-state index in [1.807, 2.05) is 0 Å². The molecule has 0 saturated heterocycles. The van der Waals surface area contributed by atoms with Crippen LogP contribution in [0.5, 0.6) is 0 Å². The van der Waals surface area contributed by atoms with Crippen molar-refractivity contribution < 1.29 is 0 Å². The van der Waals surface area contributed by atoms with Crippen molar-refractivity contribution in [2.45, 2.75) is 32.4 Å². The SMILES string of the molecule is CC1(C)c2ccccc2-c2c1ccc1c3ccc(-c4ccccc4)cc3n(-c3cccc(CNCc4ccccc4)c3)c21. The fraction of sp³-hybridized carbons (Fsp3) is 0.122. The van der Waals surface area contributed by atoms with Crippen LogP contribution >= 0.6 is 0 Å². The molecule has 0 amide bonds. The van der Waals surface area contributed by atoms with Gasteiger partial charge < -0.3 is 9.88 Å². The van der Waals surface area contributed by atoms with E-state index in [0.717, 1.165) is 13.1 Å². The number of nitrogens with one attached hydrogen (secondary N) is 1. The molecule has 1 aliphatic rings. The second kappa shape index (κ2) is 10.1. The van der Waals surface area contributed by atoms with Crippen molar-refractivity contribution in [3.63, 3.8) is 0 Å². The van der Waals surface area contributed by atoms with Crippen molar-refractivity contribution in [3.05, 3.63) is 162 Å². The van der Waals surface area contributed by atoms with E-state index in [-0.39, 0.29) is 5.41 Å². The summed E-state index contributed by atoms with van der Waals surface area (Å²) < 4.78 is 2.52. The Morgan fingerprint density at radius 1 is 0.558 bits per heavy atom. The molecule has 0 unspecified atom stereocenters. The highest BCUT2D eigenvalue weighted by atomic mass is 15.0. The number of benzene rings is 6. The van der Waals surface area contributed by atoms with E-state index < -0.39 is 0 Å². The van der Waals surface area contributed by atoms with Crippen molar-refractivity contribution >= 4 is 21.8 Å². The molecule has 1 heterocycles. The highest BCUT2D eigenvalue weighted by Crippen LogP contribution is 2.53. The van der Waals surface area contributed by atoms with E-state index in [1.54, 1.807) is 0 Å². The van der Waals surface area contributed by atoms with E-state index >= 15 is 0 Å². The lowest BCUT2D eigenvalue weighted by molar-refractivity contribution is 0.661. The topological polar surface area (TPSA) is 17.0 Å². The van der Waals surface area contributed by atoms with E-state index in [4.69, 9.17) is 0 Å². The van der Waals surface area contributed by atoms with E-state index in [9.17, 15) is 0 Å². The third-order valence-electron chi connectivity index (χ3n) is 9.25. The molecular weight excluding hydrogens is 520 g/mol. The summed E-state index contributed by atoms with van der Waals surface area (Å²) >= 11 is 0. The Labute approximate surface area is 253 Å². The van der Waals surface area contributed by atoms with Crippen LogP contribution in [0.1, 0.15) is 36.1 Å². The van der Waals surface area contributed by atoms with Gasteiger partial charge in [0.1, 0.15) is 0 Å². The summed E-state index contributed by atoms with van der Waals surface area (Å²) in [7, 11) is 0. The largest absolute Gasteiger partial charge is 0.309 e. The predicted molar refractivity (Wildman–Crippen MR) is 181 cm³/mol. The maximum Gasteiger partial charge on any atom is 0.0622 e. The Hall–Kier alpha value is -4.92. The van der Waals surface area contributed by atoms with Gasteiger partial charge in [-0.3, -0.25) is 0 Å². The third kappa shape index (κ3) is 4.21. The average Bonchev–Trinajstić information content (AvgIpc) is 3.50. The smallest absolute Gasteiger partial charge is 0.0622 e. The molecule has 0 spiro atoms. The number of hydrogen-bond acceptors (Lipinski definition) is 1. The number of rotatable bonds is 6. The summed E-state index contributed by atoms with van der Waals surface area (Å²) in [5.41, 5.74) is 14.2. The zero-order valence-electron chi connectivity index (χ0n) is 24.6. The molecular formula is C41H34N2. The highest BCUT2D eigenvalue weighted by molar-refractivity contribution is 6.16.